The van der Waals surface area contributed by atoms with Crippen LogP contribution in [0.15, 0.2) is 23.1 Å². The molecule has 8 heteroatoms. The molecule has 0 N–H and O–H groups in total. The molecule has 23 heavy (non-hydrogen) atoms. The SMILES string of the molecule is O=[N+]([O-])c1cccc(Cl)c1S(=O)(=O)N1CCCC1C1CCCC1. The Morgan fingerprint density at radius 1 is 1.17 bits per heavy atom. The van der Waals surface area contributed by atoms with E-state index < -0.39 is 20.6 Å². The molecule has 6 nitrogen and oxygen atoms in total. The van der Waals surface area contributed by atoms with E-state index in [-0.39, 0.29) is 16.0 Å². The fourth-order valence-corrected chi connectivity index (χ4v) is 6.31. The first-order chi connectivity index (χ1) is 10.9. The summed E-state index contributed by atoms with van der Waals surface area (Å²) < 4.78 is 27.6. The maximum atomic E-state index is 13.1. The van der Waals surface area contributed by atoms with Gasteiger partial charge in [-0.3, -0.25) is 10.1 Å². The monoisotopic (exact) mass is 358 g/mol. The lowest BCUT2D eigenvalue weighted by Gasteiger charge is -2.28. The van der Waals surface area contributed by atoms with Crippen molar-refractivity contribution in [2.24, 2.45) is 5.92 Å². The maximum Gasteiger partial charge on any atom is 0.290 e. The normalized spacial score (nSPS) is 23.4. The highest BCUT2D eigenvalue weighted by molar-refractivity contribution is 7.89. The standard InChI is InChI=1S/C15H19ClN2O4S/c16-12-7-3-8-14(18(19)20)15(12)23(21,22)17-10-4-9-13(17)11-5-1-2-6-11/h3,7-8,11,13H,1-2,4-6,9-10H2. The highest BCUT2D eigenvalue weighted by Gasteiger charge is 2.43. The molecule has 1 aliphatic heterocycles. The number of rotatable bonds is 4. The molecule has 1 atom stereocenters. The number of sulfonamides is 1. The van der Waals surface area contributed by atoms with Crippen LogP contribution in [0.2, 0.25) is 5.02 Å². The maximum absolute atomic E-state index is 13.1. The van der Waals surface area contributed by atoms with E-state index in [2.05, 4.69) is 0 Å². The number of nitrogens with zero attached hydrogens (tertiary/aromatic N) is 2. The molecule has 0 radical (unpaired) electrons. The molecule has 2 fully saturated rings. The van der Waals surface area contributed by atoms with E-state index in [0.29, 0.717) is 12.5 Å². The number of hydrogen-bond donors (Lipinski definition) is 0. The molecule has 1 saturated carbocycles. The molecular formula is C15H19ClN2O4S. The van der Waals surface area contributed by atoms with Gasteiger partial charge in [0, 0.05) is 18.7 Å². The van der Waals surface area contributed by atoms with Gasteiger partial charge >= 0.3 is 0 Å². The van der Waals surface area contributed by atoms with Crippen LogP contribution in [0.3, 0.4) is 0 Å². The molecule has 0 aromatic heterocycles. The number of halogens is 1. The van der Waals surface area contributed by atoms with Gasteiger partial charge in [-0.15, -0.1) is 0 Å². The van der Waals surface area contributed by atoms with E-state index in [1.807, 2.05) is 0 Å². The van der Waals surface area contributed by atoms with Gasteiger partial charge in [0.15, 0.2) is 4.90 Å². The van der Waals surface area contributed by atoms with E-state index in [0.717, 1.165) is 38.5 Å². The molecule has 3 rings (SSSR count). The third kappa shape index (κ3) is 2.97. The molecule has 0 spiro atoms. The summed E-state index contributed by atoms with van der Waals surface area (Å²) in [6.07, 6.45) is 5.92. The van der Waals surface area contributed by atoms with Crippen LogP contribution in [0.25, 0.3) is 0 Å². The zero-order chi connectivity index (χ0) is 16.6. The molecule has 1 aromatic rings. The van der Waals surface area contributed by atoms with Gasteiger partial charge in [-0.05, 0) is 37.7 Å². The highest BCUT2D eigenvalue weighted by Crippen LogP contribution is 2.41. The molecular weight excluding hydrogens is 340 g/mol. The predicted octanol–water partition coefficient (Wildman–Crippen LogP) is 3.59. The zero-order valence-corrected chi connectivity index (χ0v) is 14.2. The van der Waals surface area contributed by atoms with Crippen LogP contribution in [0.4, 0.5) is 5.69 Å². The van der Waals surface area contributed by atoms with Crippen molar-refractivity contribution < 1.29 is 13.3 Å². The number of benzene rings is 1. The Morgan fingerprint density at radius 2 is 1.87 bits per heavy atom. The Labute approximate surface area is 140 Å². The molecule has 126 valence electrons. The predicted molar refractivity (Wildman–Crippen MR) is 87.0 cm³/mol. The second kappa shape index (κ2) is 6.37. The van der Waals surface area contributed by atoms with E-state index in [1.54, 1.807) is 0 Å². The van der Waals surface area contributed by atoms with Gasteiger partial charge in [-0.25, -0.2) is 8.42 Å². The van der Waals surface area contributed by atoms with Crippen molar-refractivity contribution in [3.63, 3.8) is 0 Å². The molecule has 2 aliphatic rings. The van der Waals surface area contributed by atoms with E-state index in [4.69, 9.17) is 11.6 Å². The molecule has 1 aliphatic carbocycles. The Bertz CT molecular complexity index is 716. The summed E-state index contributed by atoms with van der Waals surface area (Å²) in [5.74, 6) is 0.355. The summed E-state index contributed by atoms with van der Waals surface area (Å²) in [4.78, 5) is 10.2. The van der Waals surface area contributed by atoms with Crippen molar-refractivity contribution in [1.82, 2.24) is 4.31 Å². The first-order valence-electron chi connectivity index (χ1n) is 7.87. The highest BCUT2D eigenvalue weighted by atomic mass is 35.5. The Kier molecular flexibility index (Phi) is 4.62. The van der Waals surface area contributed by atoms with Gasteiger partial charge in [0.05, 0.1) is 9.95 Å². The fourth-order valence-electron chi connectivity index (χ4n) is 3.89. The average molecular weight is 359 g/mol. The van der Waals surface area contributed by atoms with Crippen molar-refractivity contribution in [3.05, 3.63) is 33.3 Å². The number of nitro groups is 1. The average Bonchev–Trinajstić information content (AvgIpc) is 3.17. The van der Waals surface area contributed by atoms with Gasteiger partial charge in [0.25, 0.3) is 15.7 Å². The molecule has 0 bridgehead atoms. The third-order valence-corrected chi connectivity index (χ3v) is 7.34. The van der Waals surface area contributed by atoms with Crippen LogP contribution in [0.1, 0.15) is 38.5 Å². The Hall–Kier alpha value is -1.18. The smallest absolute Gasteiger partial charge is 0.258 e. The van der Waals surface area contributed by atoms with Crippen LogP contribution in [0.5, 0.6) is 0 Å². The second-order valence-electron chi connectivity index (χ2n) is 6.22. The summed E-state index contributed by atoms with van der Waals surface area (Å²) in [6.45, 7) is 0.409. The minimum Gasteiger partial charge on any atom is -0.258 e. The van der Waals surface area contributed by atoms with Crippen LogP contribution >= 0.6 is 11.6 Å². The van der Waals surface area contributed by atoms with Crippen LogP contribution in [0, 0.1) is 16.0 Å². The molecule has 1 heterocycles. The van der Waals surface area contributed by atoms with Crippen molar-refractivity contribution in [1.29, 1.82) is 0 Å². The fraction of sp³-hybridized carbons (Fsp3) is 0.600. The van der Waals surface area contributed by atoms with Crippen molar-refractivity contribution in [2.75, 3.05) is 6.54 Å². The van der Waals surface area contributed by atoms with Crippen LogP contribution in [-0.2, 0) is 10.0 Å². The summed E-state index contributed by atoms with van der Waals surface area (Å²) in [5.41, 5.74) is -0.449. The number of hydrogen-bond acceptors (Lipinski definition) is 4. The Morgan fingerprint density at radius 3 is 2.52 bits per heavy atom. The largest absolute Gasteiger partial charge is 0.290 e. The molecule has 1 aromatic carbocycles. The van der Waals surface area contributed by atoms with Gasteiger partial charge in [-0.1, -0.05) is 30.5 Å². The first kappa shape index (κ1) is 16.7. The second-order valence-corrected chi connectivity index (χ2v) is 8.45. The van der Waals surface area contributed by atoms with Gasteiger partial charge in [-0.2, -0.15) is 4.31 Å². The van der Waals surface area contributed by atoms with E-state index >= 15 is 0 Å². The lowest BCUT2D eigenvalue weighted by atomic mass is 9.97. The summed E-state index contributed by atoms with van der Waals surface area (Å²) in [5, 5.41) is 11.2. The van der Waals surface area contributed by atoms with Crippen molar-refractivity contribution in [2.45, 2.75) is 49.5 Å². The minimum absolute atomic E-state index is 0.0571. The van der Waals surface area contributed by atoms with Gasteiger partial charge in [0.2, 0.25) is 0 Å². The summed E-state index contributed by atoms with van der Waals surface area (Å²) in [7, 11) is -3.97. The minimum atomic E-state index is -3.97. The van der Waals surface area contributed by atoms with Gasteiger partial charge in [0.1, 0.15) is 0 Å². The third-order valence-electron chi connectivity index (χ3n) is 4.90. The van der Waals surface area contributed by atoms with E-state index in [1.165, 1.54) is 22.5 Å². The lowest BCUT2D eigenvalue weighted by molar-refractivity contribution is -0.387. The van der Waals surface area contributed by atoms with Crippen molar-refractivity contribution in [3.8, 4) is 0 Å². The topological polar surface area (TPSA) is 80.5 Å². The summed E-state index contributed by atoms with van der Waals surface area (Å²) >= 11 is 6.03. The number of nitro benzene ring substituents is 1. The van der Waals surface area contributed by atoms with Crippen molar-refractivity contribution >= 4 is 27.3 Å². The molecule has 1 saturated heterocycles. The lowest BCUT2D eigenvalue weighted by Crippen LogP contribution is -2.39. The quantitative estimate of drug-likeness (QED) is 0.608. The molecule has 1 unspecified atom stereocenters. The van der Waals surface area contributed by atoms with Crippen LogP contribution < -0.4 is 0 Å². The van der Waals surface area contributed by atoms with Gasteiger partial charge < -0.3 is 0 Å². The zero-order valence-electron chi connectivity index (χ0n) is 12.7. The first-order valence-corrected chi connectivity index (χ1v) is 9.69. The summed E-state index contributed by atoms with van der Waals surface area (Å²) in [6, 6.07) is 3.93. The Balaban J connectivity index is 2.03. The van der Waals surface area contributed by atoms with Crippen LogP contribution in [-0.4, -0.2) is 30.2 Å². The van der Waals surface area contributed by atoms with E-state index in [9.17, 15) is 18.5 Å². The molecule has 0 amide bonds.